The standard InChI is InChI=1S/C18H18ClN3O4S2/c1-3-8-26-17(25)16-11(2)28-18(22-16)21-15(24)10-27-9-14(23)20-13-6-4-12(19)5-7-13/h3-7H,1,8-10H2,2H3,(H,20,23)(H,21,22,24). The summed E-state index contributed by atoms with van der Waals surface area (Å²) in [6.45, 7) is 5.28. The number of aromatic nitrogens is 1. The number of amides is 2. The number of carbonyl (C=O) groups excluding carboxylic acids is 3. The molecule has 0 bridgehead atoms. The van der Waals surface area contributed by atoms with Gasteiger partial charge in [0.25, 0.3) is 0 Å². The van der Waals surface area contributed by atoms with Crippen molar-refractivity contribution in [3.8, 4) is 0 Å². The van der Waals surface area contributed by atoms with Gasteiger partial charge in [-0.1, -0.05) is 24.3 Å². The van der Waals surface area contributed by atoms with Crippen molar-refractivity contribution >= 4 is 63.3 Å². The van der Waals surface area contributed by atoms with Gasteiger partial charge in [-0.25, -0.2) is 9.78 Å². The molecule has 0 aliphatic heterocycles. The van der Waals surface area contributed by atoms with E-state index in [9.17, 15) is 14.4 Å². The van der Waals surface area contributed by atoms with Crippen LogP contribution in [0.2, 0.25) is 5.02 Å². The third kappa shape index (κ3) is 6.99. The summed E-state index contributed by atoms with van der Waals surface area (Å²) >= 11 is 8.13. The fourth-order valence-corrected chi connectivity index (χ4v) is 3.52. The van der Waals surface area contributed by atoms with E-state index >= 15 is 0 Å². The molecule has 2 rings (SSSR count). The highest BCUT2D eigenvalue weighted by Crippen LogP contribution is 2.23. The summed E-state index contributed by atoms with van der Waals surface area (Å²) < 4.78 is 4.94. The van der Waals surface area contributed by atoms with Crippen LogP contribution in [0, 0.1) is 6.92 Å². The fourth-order valence-electron chi connectivity index (χ4n) is 1.96. The third-order valence-electron chi connectivity index (χ3n) is 3.16. The molecule has 28 heavy (non-hydrogen) atoms. The minimum absolute atomic E-state index is 0.0723. The lowest BCUT2D eigenvalue weighted by Crippen LogP contribution is -2.18. The van der Waals surface area contributed by atoms with E-state index in [1.165, 1.54) is 17.4 Å². The Hall–Kier alpha value is -2.36. The number of rotatable bonds is 9. The number of nitrogens with one attached hydrogen (secondary N) is 2. The number of nitrogens with zero attached hydrogens (tertiary/aromatic N) is 1. The molecule has 7 nitrogen and oxygen atoms in total. The molecule has 0 saturated carbocycles. The zero-order valence-corrected chi connectivity index (χ0v) is 17.4. The minimum atomic E-state index is -0.567. The van der Waals surface area contributed by atoms with Gasteiger partial charge < -0.3 is 15.4 Å². The molecule has 2 N–H and O–H groups in total. The number of halogens is 1. The van der Waals surface area contributed by atoms with Crippen molar-refractivity contribution in [1.29, 1.82) is 0 Å². The molecule has 148 valence electrons. The SMILES string of the molecule is C=CCOC(=O)c1nc(NC(=O)CSCC(=O)Nc2ccc(Cl)cc2)sc1C. The first kappa shape index (κ1) is 21.9. The molecular weight excluding hydrogens is 422 g/mol. The number of aryl methyl sites for hydroxylation is 1. The smallest absolute Gasteiger partial charge is 0.358 e. The van der Waals surface area contributed by atoms with Crippen molar-refractivity contribution < 1.29 is 19.1 Å². The summed E-state index contributed by atoms with van der Waals surface area (Å²) in [5, 5.41) is 6.22. The highest BCUT2D eigenvalue weighted by molar-refractivity contribution is 8.00. The number of ether oxygens (including phenoxy) is 1. The van der Waals surface area contributed by atoms with Crippen LogP contribution in [-0.2, 0) is 14.3 Å². The molecule has 0 saturated heterocycles. The summed E-state index contributed by atoms with van der Waals surface area (Å²) in [5.41, 5.74) is 0.797. The van der Waals surface area contributed by atoms with Gasteiger partial charge in [0.1, 0.15) is 6.61 Å². The van der Waals surface area contributed by atoms with E-state index < -0.39 is 5.97 Å². The number of benzene rings is 1. The molecule has 0 aliphatic rings. The Balaban J connectivity index is 1.76. The van der Waals surface area contributed by atoms with E-state index in [0.717, 1.165) is 11.8 Å². The van der Waals surface area contributed by atoms with Crippen LogP contribution in [0.15, 0.2) is 36.9 Å². The first-order valence-corrected chi connectivity index (χ1v) is 10.4. The highest BCUT2D eigenvalue weighted by atomic mass is 35.5. The van der Waals surface area contributed by atoms with Crippen LogP contribution >= 0.6 is 34.7 Å². The maximum Gasteiger partial charge on any atom is 0.358 e. The van der Waals surface area contributed by atoms with E-state index in [4.69, 9.17) is 16.3 Å². The van der Waals surface area contributed by atoms with Gasteiger partial charge in [0.05, 0.1) is 11.5 Å². The van der Waals surface area contributed by atoms with Crippen molar-refractivity contribution in [3.05, 3.63) is 52.5 Å². The molecule has 2 aromatic rings. The Labute approximate surface area is 175 Å². The predicted octanol–water partition coefficient (Wildman–Crippen LogP) is 3.76. The van der Waals surface area contributed by atoms with Crippen LogP contribution in [0.5, 0.6) is 0 Å². The van der Waals surface area contributed by atoms with E-state index in [2.05, 4.69) is 22.2 Å². The normalized spacial score (nSPS) is 10.2. The van der Waals surface area contributed by atoms with Crippen LogP contribution in [0.25, 0.3) is 0 Å². The summed E-state index contributed by atoms with van der Waals surface area (Å²) in [5.74, 6) is -0.918. The van der Waals surface area contributed by atoms with Crippen molar-refractivity contribution in [2.75, 3.05) is 28.7 Å². The largest absolute Gasteiger partial charge is 0.457 e. The second-order valence-electron chi connectivity index (χ2n) is 5.41. The van der Waals surface area contributed by atoms with Gasteiger partial charge in [-0.3, -0.25) is 9.59 Å². The number of thiazole rings is 1. The van der Waals surface area contributed by atoms with Crippen LogP contribution < -0.4 is 10.6 Å². The second-order valence-corrected chi connectivity index (χ2v) is 8.03. The maximum absolute atomic E-state index is 12.0. The Morgan fingerprint density at radius 3 is 2.50 bits per heavy atom. The highest BCUT2D eigenvalue weighted by Gasteiger charge is 2.17. The lowest BCUT2D eigenvalue weighted by Gasteiger charge is -2.05. The number of esters is 1. The number of carbonyl (C=O) groups is 3. The number of thioether (sulfide) groups is 1. The van der Waals surface area contributed by atoms with Crippen molar-refractivity contribution in [3.63, 3.8) is 0 Å². The molecule has 0 radical (unpaired) electrons. The summed E-state index contributed by atoms with van der Waals surface area (Å²) in [7, 11) is 0. The molecule has 0 atom stereocenters. The molecule has 0 fully saturated rings. The fraction of sp³-hybridized carbons (Fsp3) is 0.222. The maximum atomic E-state index is 12.0. The number of anilines is 2. The van der Waals surface area contributed by atoms with E-state index in [1.54, 1.807) is 31.2 Å². The van der Waals surface area contributed by atoms with Gasteiger partial charge in [-0.2, -0.15) is 0 Å². The molecule has 1 aromatic heterocycles. The van der Waals surface area contributed by atoms with Crippen LogP contribution in [0.3, 0.4) is 0 Å². The molecule has 0 unspecified atom stereocenters. The topological polar surface area (TPSA) is 97.4 Å². The number of hydrogen-bond acceptors (Lipinski definition) is 7. The van der Waals surface area contributed by atoms with E-state index in [1.807, 2.05) is 0 Å². The third-order valence-corrected chi connectivity index (χ3v) is 5.23. The van der Waals surface area contributed by atoms with Gasteiger partial charge >= 0.3 is 5.97 Å². The Kier molecular flexibility index (Phi) is 8.49. The van der Waals surface area contributed by atoms with Crippen molar-refractivity contribution in [2.24, 2.45) is 0 Å². The average molecular weight is 440 g/mol. The van der Waals surface area contributed by atoms with Crippen LogP contribution in [-0.4, -0.2) is 40.9 Å². The van der Waals surface area contributed by atoms with Gasteiger partial charge in [0.15, 0.2) is 10.8 Å². The Morgan fingerprint density at radius 2 is 1.86 bits per heavy atom. The lowest BCUT2D eigenvalue weighted by molar-refractivity contribution is -0.114. The zero-order valence-electron chi connectivity index (χ0n) is 15.0. The Bertz CT molecular complexity index is 868. The first-order valence-electron chi connectivity index (χ1n) is 8.07. The first-order chi connectivity index (χ1) is 13.4. The van der Waals surface area contributed by atoms with Gasteiger partial charge in [0.2, 0.25) is 11.8 Å². The average Bonchev–Trinajstić information content (AvgIpc) is 3.01. The molecule has 0 aliphatic carbocycles. The quantitative estimate of drug-likeness (QED) is 0.456. The zero-order chi connectivity index (χ0) is 20.5. The van der Waals surface area contributed by atoms with Gasteiger partial charge in [-0.15, -0.1) is 23.1 Å². The molecule has 1 heterocycles. The predicted molar refractivity (Wildman–Crippen MR) is 113 cm³/mol. The van der Waals surface area contributed by atoms with E-state index in [-0.39, 0.29) is 35.6 Å². The molecule has 1 aromatic carbocycles. The summed E-state index contributed by atoms with van der Waals surface area (Å²) in [4.78, 5) is 40.5. The molecule has 0 spiro atoms. The van der Waals surface area contributed by atoms with Crippen molar-refractivity contribution in [1.82, 2.24) is 4.98 Å². The molecule has 2 amide bonds. The van der Waals surface area contributed by atoms with Crippen LogP contribution in [0.1, 0.15) is 15.4 Å². The number of hydrogen-bond donors (Lipinski definition) is 2. The monoisotopic (exact) mass is 439 g/mol. The van der Waals surface area contributed by atoms with Gasteiger partial charge in [0, 0.05) is 15.6 Å². The van der Waals surface area contributed by atoms with Crippen molar-refractivity contribution in [2.45, 2.75) is 6.92 Å². The molecular formula is C18H18ClN3O4S2. The van der Waals surface area contributed by atoms with Gasteiger partial charge in [-0.05, 0) is 31.2 Å². The molecule has 10 heteroatoms. The minimum Gasteiger partial charge on any atom is -0.457 e. The van der Waals surface area contributed by atoms with E-state index in [0.29, 0.717) is 20.7 Å². The lowest BCUT2D eigenvalue weighted by atomic mass is 10.3. The Morgan fingerprint density at radius 1 is 1.21 bits per heavy atom. The second kappa shape index (κ2) is 10.8. The van der Waals surface area contributed by atoms with Crippen LogP contribution in [0.4, 0.5) is 10.8 Å². The summed E-state index contributed by atoms with van der Waals surface area (Å²) in [6.07, 6.45) is 1.46. The summed E-state index contributed by atoms with van der Waals surface area (Å²) in [6, 6.07) is 6.74.